The Balaban J connectivity index is 1.96. The van der Waals surface area contributed by atoms with Gasteiger partial charge in [0.2, 0.25) is 0 Å². The lowest BCUT2D eigenvalue weighted by atomic mass is 10.2. The van der Waals surface area contributed by atoms with Crippen LogP contribution in [0.2, 0.25) is 0 Å². The highest BCUT2D eigenvalue weighted by atomic mass is 19.1. The van der Waals surface area contributed by atoms with E-state index in [1.54, 1.807) is 18.2 Å². The van der Waals surface area contributed by atoms with Crippen molar-refractivity contribution in [2.24, 2.45) is 5.10 Å². The summed E-state index contributed by atoms with van der Waals surface area (Å²) in [5, 5.41) is 5.86. The van der Waals surface area contributed by atoms with E-state index < -0.39 is 17.6 Å². The molecule has 8 heteroatoms. The normalized spacial score (nSPS) is 10.4. The molecule has 136 valence electrons. The van der Waals surface area contributed by atoms with Crippen LogP contribution in [0.3, 0.4) is 0 Å². The minimum atomic E-state index is -1.03. The molecule has 0 unspecified atom stereocenters. The molecule has 2 rings (SSSR count). The first-order valence-electron chi connectivity index (χ1n) is 7.75. The topological polar surface area (TPSA) is 89.0 Å². The van der Waals surface area contributed by atoms with Crippen molar-refractivity contribution in [3.63, 3.8) is 0 Å². The van der Waals surface area contributed by atoms with Gasteiger partial charge in [0.1, 0.15) is 5.82 Å². The molecule has 0 aliphatic carbocycles. The van der Waals surface area contributed by atoms with E-state index in [9.17, 15) is 14.0 Å². The molecule has 2 aromatic carbocycles. The highest BCUT2D eigenvalue weighted by Gasteiger charge is 2.14. The molecule has 0 fully saturated rings. The first-order valence-corrected chi connectivity index (χ1v) is 7.75. The van der Waals surface area contributed by atoms with Crippen molar-refractivity contribution in [3.05, 3.63) is 53.8 Å². The van der Waals surface area contributed by atoms with Crippen LogP contribution in [0, 0.1) is 5.82 Å². The summed E-state index contributed by atoms with van der Waals surface area (Å²) >= 11 is 0. The molecule has 26 heavy (non-hydrogen) atoms. The summed E-state index contributed by atoms with van der Waals surface area (Å²) in [4.78, 5) is 23.4. The molecular weight excluding hydrogens is 341 g/mol. The second-order valence-corrected chi connectivity index (χ2v) is 4.98. The summed E-state index contributed by atoms with van der Waals surface area (Å²) in [7, 11) is 1.51. The molecule has 0 spiro atoms. The van der Waals surface area contributed by atoms with Crippen LogP contribution in [-0.2, 0) is 9.59 Å². The van der Waals surface area contributed by atoms with Gasteiger partial charge >= 0.3 is 11.8 Å². The van der Waals surface area contributed by atoms with Gasteiger partial charge in [0.15, 0.2) is 11.5 Å². The predicted molar refractivity (Wildman–Crippen MR) is 94.9 cm³/mol. The van der Waals surface area contributed by atoms with Crippen LogP contribution in [0.15, 0.2) is 47.6 Å². The van der Waals surface area contributed by atoms with Crippen LogP contribution in [0.25, 0.3) is 0 Å². The zero-order valence-corrected chi connectivity index (χ0v) is 14.3. The van der Waals surface area contributed by atoms with Crippen molar-refractivity contribution < 1.29 is 23.5 Å². The number of hydrogen-bond acceptors (Lipinski definition) is 5. The SMILES string of the molecule is CCOc1ccc(/C=N\NC(=O)C(=O)Nc2ccccc2F)cc1OC. The first-order chi connectivity index (χ1) is 12.5. The van der Waals surface area contributed by atoms with E-state index >= 15 is 0 Å². The Morgan fingerprint density at radius 3 is 2.62 bits per heavy atom. The van der Waals surface area contributed by atoms with Crippen molar-refractivity contribution in [1.82, 2.24) is 5.43 Å². The highest BCUT2D eigenvalue weighted by Crippen LogP contribution is 2.27. The molecule has 0 atom stereocenters. The maximum Gasteiger partial charge on any atom is 0.329 e. The molecule has 2 aromatic rings. The van der Waals surface area contributed by atoms with Gasteiger partial charge in [0.05, 0.1) is 25.6 Å². The van der Waals surface area contributed by atoms with E-state index in [1.165, 1.54) is 37.6 Å². The minimum Gasteiger partial charge on any atom is -0.493 e. The van der Waals surface area contributed by atoms with Crippen LogP contribution in [-0.4, -0.2) is 31.7 Å². The number of methoxy groups -OCH3 is 1. The third-order valence-electron chi connectivity index (χ3n) is 3.20. The zero-order valence-electron chi connectivity index (χ0n) is 14.3. The lowest BCUT2D eigenvalue weighted by Gasteiger charge is -2.09. The van der Waals surface area contributed by atoms with Crippen molar-refractivity contribution in [3.8, 4) is 11.5 Å². The summed E-state index contributed by atoms with van der Waals surface area (Å²) in [6, 6.07) is 10.6. The second kappa shape index (κ2) is 9.16. The number of nitrogens with zero attached hydrogens (tertiary/aromatic N) is 1. The van der Waals surface area contributed by atoms with Crippen LogP contribution >= 0.6 is 0 Å². The summed E-state index contributed by atoms with van der Waals surface area (Å²) in [5.74, 6) is -1.60. The van der Waals surface area contributed by atoms with E-state index in [4.69, 9.17) is 9.47 Å². The molecule has 0 aliphatic heterocycles. The smallest absolute Gasteiger partial charge is 0.329 e. The molecule has 7 nitrogen and oxygen atoms in total. The number of carbonyl (C=O) groups excluding carboxylic acids is 2. The molecule has 0 radical (unpaired) electrons. The molecule has 2 N–H and O–H groups in total. The number of amides is 2. The fourth-order valence-corrected chi connectivity index (χ4v) is 2.00. The quantitative estimate of drug-likeness (QED) is 0.471. The van der Waals surface area contributed by atoms with E-state index in [0.717, 1.165) is 0 Å². The number of benzene rings is 2. The van der Waals surface area contributed by atoms with E-state index in [2.05, 4.69) is 15.8 Å². The fraction of sp³-hybridized carbons (Fsp3) is 0.167. The summed E-state index contributed by atoms with van der Waals surface area (Å²) in [6.45, 7) is 2.35. The Hall–Kier alpha value is -3.42. The van der Waals surface area contributed by atoms with Gasteiger partial charge in [-0.15, -0.1) is 0 Å². The largest absolute Gasteiger partial charge is 0.493 e. The predicted octanol–water partition coefficient (Wildman–Crippen LogP) is 2.32. The lowest BCUT2D eigenvalue weighted by Crippen LogP contribution is -2.32. The standard InChI is InChI=1S/C18H18FN3O4/c1-3-26-15-9-8-12(10-16(15)25-2)11-20-22-18(24)17(23)21-14-7-5-4-6-13(14)19/h4-11H,3H2,1-2H3,(H,21,23)(H,22,24)/b20-11-. The number of rotatable bonds is 6. The maximum atomic E-state index is 13.4. The van der Waals surface area contributed by atoms with Gasteiger partial charge in [0.25, 0.3) is 0 Å². The number of halogens is 1. The fourth-order valence-electron chi connectivity index (χ4n) is 2.00. The second-order valence-electron chi connectivity index (χ2n) is 4.98. The summed E-state index contributed by atoms with van der Waals surface area (Å²) < 4.78 is 24.1. The number of hydrazone groups is 1. The number of ether oxygens (including phenoxy) is 2. The van der Waals surface area contributed by atoms with Gasteiger partial charge in [-0.3, -0.25) is 9.59 Å². The average molecular weight is 359 g/mol. The van der Waals surface area contributed by atoms with Crippen LogP contribution in [0.4, 0.5) is 10.1 Å². The van der Waals surface area contributed by atoms with Gasteiger partial charge in [-0.2, -0.15) is 5.10 Å². The van der Waals surface area contributed by atoms with Gasteiger partial charge in [-0.1, -0.05) is 12.1 Å². The molecule has 0 saturated carbocycles. The molecule has 2 amide bonds. The van der Waals surface area contributed by atoms with Crippen LogP contribution < -0.4 is 20.2 Å². The monoisotopic (exact) mass is 359 g/mol. The van der Waals surface area contributed by atoms with Gasteiger partial charge in [-0.25, -0.2) is 9.82 Å². The van der Waals surface area contributed by atoms with Crippen molar-refractivity contribution in [2.45, 2.75) is 6.92 Å². The molecular formula is C18H18FN3O4. The Bertz CT molecular complexity index is 824. The molecule has 0 bridgehead atoms. The number of carbonyl (C=O) groups is 2. The van der Waals surface area contributed by atoms with Crippen LogP contribution in [0.1, 0.15) is 12.5 Å². The summed E-state index contributed by atoms with van der Waals surface area (Å²) in [6.07, 6.45) is 1.34. The first kappa shape index (κ1) is 18.9. The number of para-hydroxylation sites is 1. The third kappa shape index (κ3) is 5.04. The number of anilines is 1. The summed E-state index contributed by atoms with van der Waals surface area (Å²) in [5.41, 5.74) is 2.61. The molecule has 0 aliphatic rings. The van der Waals surface area contributed by atoms with Crippen molar-refractivity contribution in [1.29, 1.82) is 0 Å². The van der Waals surface area contributed by atoms with E-state index in [-0.39, 0.29) is 5.69 Å². The Labute approximate surface area is 149 Å². The molecule has 0 saturated heterocycles. The average Bonchev–Trinajstić information content (AvgIpc) is 2.64. The van der Waals surface area contributed by atoms with E-state index in [0.29, 0.717) is 23.7 Å². The Morgan fingerprint density at radius 2 is 1.92 bits per heavy atom. The molecule has 0 aromatic heterocycles. The van der Waals surface area contributed by atoms with Gasteiger partial charge < -0.3 is 14.8 Å². The number of nitrogens with one attached hydrogen (secondary N) is 2. The van der Waals surface area contributed by atoms with Crippen molar-refractivity contribution >= 4 is 23.7 Å². The zero-order chi connectivity index (χ0) is 18.9. The van der Waals surface area contributed by atoms with Gasteiger partial charge in [-0.05, 0) is 42.8 Å². The highest BCUT2D eigenvalue weighted by molar-refractivity contribution is 6.39. The molecule has 0 heterocycles. The Kier molecular flexibility index (Phi) is 6.67. The van der Waals surface area contributed by atoms with Gasteiger partial charge in [0, 0.05) is 0 Å². The Morgan fingerprint density at radius 1 is 1.15 bits per heavy atom. The maximum absolute atomic E-state index is 13.4. The van der Waals surface area contributed by atoms with E-state index in [1.807, 2.05) is 6.92 Å². The lowest BCUT2D eigenvalue weighted by molar-refractivity contribution is -0.136. The minimum absolute atomic E-state index is 0.0899. The van der Waals surface area contributed by atoms with Crippen molar-refractivity contribution in [2.75, 3.05) is 19.0 Å². The number of hydrogen-bond donors (Lipinski definition) is 2. The third-order valence-corrected chi connectivity index (χ3v) is 3.20. The van der Waals surface area contributed by atoms with Crippen LogP contribution in [0.5, 0.6) is 11.5 Å².